The zero-order valence-electron chi connectivity index (χ0n) is 11.2. The standard InChI is InChI=1S/C12H19N3O6/c13-8(2-1-6-3-14-5-15-6)21-12-11(19)10(18)9(17)7(4-16)20-12/h3,5,7,9-13,16-19H,1-2,4H2,(H,14,15)/t7-,9-,10+,11-,12-/m1/s1. The van der Waals surface area contributed by atoms with Crippen LogP contribution in [0.1, 0.15) is 12.1 Å². The smallest absolute Gasteiger partial charge is 0.230 e. The number of aliphatic hydroxyl groups is 4. The fourth-order valence-corrected chi connectivity index (χ4v) is 2.03. The van der Waals surface area contributed by atoms with Crippen LogP contribution in [0.2, 0.25) is 0 Å². The fourth-order valence-electron chi connectivity index (χ4n) is 2.03. The lowest BCUT2D eigenvalue weighted by molar-refractivity contribution is -0.281. The van der Waals surface area contributed by atoms with Gasteiger partial charge in [0.2, 0.25) is 6.29 Å². The first-order valence-electron chi connectivity index (χ1n) is 6.54. The van der Waals surface area contributed by atoms with Gasteiger partial charge in [0.05, 0.1) is 12.9 Å². The number of ether oxygens (including phenoxy) is 2. The Labute approximate surface area is 120 Å². The molecule has 0 radical (unpaired) electrons. The molecule has 2 heterocycles. The van der Waals surface area contributed by atoms with Crippen LogP contribution >= 0.6 is 0 Å². The summed E-state index contributed by atoms with van der Waals surface area (Å²) >= 11 is 0. The number of aromatic nitrogens is 2. The molecule has 0 spiro atoms. The second-order valence-electron chi connectivity index (χ2n) is 4.82. The number of aromatic amines is 1. The molecular formula is C12H19N3O6. The van der Waals surface area contributed by atoms with E-state index in [1.165, 1.54) is 6.33 Å². The number of aliphatic hydroxyl groups excluding tert-OH is 4. The highest BCUT2D eigenvalue weighted by Crippen LogP contribution is 2.22. The van der Waals surface area contributed by atoms with Crippen molar-refractivity contribution in [2.24, 2.45) is 0 Å². The van der Waals surface area contributed by atoms with Gasteiger partial charge in [0.1, 0.15) is 24.4 Å². The Kier molecular flexibility index (Phi) is 5.26. The van der Waals surface area contributed by atoms with Crippen LogP contribution in [0, 0.1) is 5.41 Å². The summed E-state index contributed by atoms with van der Waals surface area (Å²) in [5.74, 6) is -0.145. The van der Waals surface area contributed by atoms with Crippen LogP contribution in [-0.2, 0) is 15.9 Å². The Morgan fingerprint density at radius 1 is 1.33 bits per heavy atom. The first-order valence-corrected chi connectivity index (χ1v) is 6.54. The summed E-state index contributed by atoms with van der Waals surface area (Å²) in [6, 6.07) is 0. The predicted molar refractivity (Wildman–Crippen MR) is 69.5 cm³/mol. The number of nitrogens with one attached hydrogen (secondary N) is 2. The third-order valence-electron chi connectivity index (χ3n) is 3.28. The van der Waals surface area contributed by atoms with Gasteiger partial charge in [-0.1, -0.05) is 0 Å². The second-order valence-corrected chi connectivity index (χ2v) is 4.82. The van der Waals surface area contributed by atoms with E-state index in [1.54, 1.807) is 6.20 Å². The lowest BCUT2D eigenvalue weighted by Crippen LogP contribution is -2.59. The van der Waals surface area contributed by atoms with E-state index in [2.05, 4.69) is 9.97 Å². The SMILES string of the molecule is N=C(CCc1cnc[nH]1)O[C@H]1O[C@H](CO)[C@@H](O)[C@H](O)[C@H]1O. The van der Waals surface area contributed by atoms with Crippen molar-refractivity contribution in [2.75, 3.05) is 6.61 Å². The fraction of sp³-hybridized carbons (Fsp3) is 0.667. The van der Waals surface area contributed by atoms with Crippen LogP contribution in [0.25, 0.3) is 0 Å². The zero-order chi connectivity index (χ0) is 15.4. The minimum absolute atomic E-state index is 0.145. The molecule has 5 atom stereocenters. The van der Waals surface area contributed by atoms with Gasteiger partial charge in [-0.05, 0) is 6.42 Å². The minimum atomic E-state index is -1.51. The molecule has 0 aromatic carbocycles. The quantitative estimate of drug-likeness (QED) is 0.275. The lowest BCUT2D eigenvalue weighted by atomic mass is 9.99. The molecule has 1 aliphatic rings. The van der Waals surface area contributed by atoms with Crippen LogP contribution in [0.4, 0.5) is 0 Å². The Bertz CT molecular complexity index is 452. The van der Waals surface area contributed by atoms with Crippen molar-refractivity contribution < 1.29 is 29.9 Å². The molecular weight excluding hydrogens is 282 g/mol. The maximum atomic E-state index is 9.77. The Morgan fingerprint density at radius 3 is 2.71 bits per heavy atom. The van der Waals surface area contributed by atoms with Crippen LogP contribution in [0.5, 0.6) is 0 Å². The molecule has 2 rings (SSSR count). The Balaban J connectivity index is 1.87. The number of hydrogen-bond acceptors (Lipinski definition) is 8. The molecule has 118 valence electrons. The number of rotatable bonds is 5. The van der Waals surface area contributed by atoms with Gasteiger partial charge in [-0.3, -0.25) is 5.41 Å². The Morgan fingerprint density at radius 2 is 2.10 bits per heavy atom. The molecule has 1 aliphatic heterocycles. The van der Waals surface area contributed by atoms with Crippen molar-refractivity contribution in [1.82, 2.24) is 9.97 Å². The number of H-pyrrole nitrogens is 1. The van der Waals surface area contributed by atoms with Crippen LogP contribution in [0.3, 0.4) is 0 Å². The molecule has 0 unspecified atom stereocenters. The third-order valence-corrected chi connectivity index (χ3v) is 3.28. The first kappa shape index (κ1) is 15.9. The highest BCUT2D eigenvalue weighted by molar-refractivity contribution is 5.72. The van der Waals surface area contributed by atoms with Gasteiger partial charge in [-0.2, -0.15) is 0 Å². The van der Waals surface area contributed by atoms with Gasteiger partial charge in [0.15, 0.2) is 5.90 Å². The minimum Gasteiger partial charge on any atom is -0.449 e. The Hall–Kier alpha value is -1.52. The van der Waals surface area contributed by atoms with Gasteiger partial charge in [0.25, 0.3) is 0 Å². The summed E-state index contributed by atoms with van der Waals surface area (Å²) in [5.41, 5.74) is 0.831. The molecule has 0 saturated carbocycles. The van der Waals surface area contributed by atoms with Crippen LogP contribution < -0.4 is 0 Å². The molecule has 9 heteroatoms. The third kappa shape index (κ3) is 3.77. The summed E-state index contributed by atoms with van der Waals surface area (Å²) in [5, 5.41) is 45.7. The van der Waals surface area contributed by atoms with Gasteiger partial charge in [-0.15, -0.1) is 0 Å². The maximum Gasteiger partial charge on any atom is 0.230 e. The van der Waals surface area contributed by atoms with Crippen LogP contribution in [0.15, 0.2) is 12.5 Å². The molecule has 0 amide bonds. The van der Waals surface area contributed by atoms with Gasteiger partial charge in [-0.25, -0.2) is 4.98 Å². The number of imidazole rings is 1. The molecule has 0 aliphatic carbocycles. The lowest BCUT2D eigenvalue weighted by Gasteiger charge is -2.39. The predicted octanol–water partition coefficient (Wildman–Crippen LogP) is -1.86. The topological polar surface area (TPSA) is 152 Å². The molecule has 21 heavy (non-hydrogen) atoms. The van der Waals surface area contributed by atoms with E-state index in [9.17, 15) is 15.3 Å². The maximum absolute atomic E-state index is 9.77. The summed E-state index contributed by atoms with van der Waals surface area (Å²) in [6.45, 7) is -0.535. The summed E-state index contributed by atoms with van der Waals surface area (Å²) < 4.78 is 10.3. The van der Waals surface area contributed by atoms with E-state index >= 15 is 0 Å². The molecule has 1 aromatic rings. The van der Waals surface area contributed by atoms with Crippen molar-refractivity contribution in [3.8, 4) is 0 Å². The number of nitrogens with zero attached hydrogens (tertiary/aromatic N) is 1. The molecule has 0 bridgehead atoms. The number of aryl methyl sites for hydroxylation is 1. The van der Waals surface area contributed by atoms with Crippen molar-refractivity contribution >= 4 is 5.90 Å². The summed E-state index contributed by atoms with van der Waals surface area (Å²) in [7, 11) is 0. The van der Waals surface area contributed by atoms with E-state index < -0.39 is 37.3 Å². The number of hydrogen-bond donors (Lipinski definition) is 6. The average molecular weight is 301 g/mol. The van der Waals surface area contributed by atoms with Gasteiger partial charge < -0.3 is 34.9 Å². The first-order chi connectivity index (χ1) is 10.0. The molecule has 1 aromatic heterocycles. The highest BCUT2D eigenvalue weighted by Gasteiger charge is 2.44. The normalized spacial score (nSPS) is 32.9. The zero-order valence-corrected chi connectivity index (χ0v) is 11.2. The monoisotopic (exact) mass is 301 g/mol. The van der Waals surface area contributed by atoms with Gasteiger partial charge in [0, 0.05) is 18.3 Å². The summed E-state index contributed by atoms with van der Waals surface area (Å²) in [6.07, 6.45) is -2.92. The van der Waals surface area contributed by atoms with E-state index in [-0.39, 0.29) is 12.3 Å². The van der Waals surface area contributed by atoms with Crippen molar-refractivity contribution in [2.45, 2.75) is 43.5 Å². The van der Waals surface area contributed by atoms with Crippen LogP contribution in [-0.4, -0.2) is 73.6 Å². The summed E-state index contributed by atoms with van der Waals surface area (Å²) in [4.78, 5) is 6.73. The molecule has 9 nitrogen and oxygen atoms in total. The molecule has 1 saturated heterocycles. The van der Waals surface area contributed by atoms with Gasteiger partial charge >= 0.3 is 0 Å². The van der Waals surface area contributed by atoms with E-state index in [4.69, 9.17) is 20.0 Å². The van der Waals surface area contributed by atoms with E-state index in [1.807, 2.05) is 0 Å². The average Bonchev–Trinajstić information content (AvgIpc) is 2.99. The van der Waals surface area contributed by atoms with E-state index in [0.29, 0.717) is 6.42 Å². The van der Waals surface area contributed by atoms with Crippen molar-refractivity contribution in [1.29, 1.82) is 5.41 Å². The van der Waals surface area contributed by atoms with E-state index in [0.717, 1.165) is 5.69 Å². The second kappa shape index (κ2) is 6.96. The largest absolute Gasteiger partial charge is 0.449 e. The highest BCUT2D eigenvalue weighted by atomic mass is 16.7. The molecule has 6 N–H and O–H groups in total. The van der Waals surface area contributed by atoms with Crippen molar-refractivity contribution in [3.05, 3.63) is 18.2 Å². The molecule has 1 fully saturated rings. The van der Waals surface area contributed by atoms with Crippen molar-refractivity contribution in [3.63, 3.8) is 0 Å².